The van der Waals surface area contributed by atoms with Crippen LogP contribution in [-0.4, -0.2) is 11.1 Å². The molecule has 0 aliphatic heterocycles. The molecule has 0 aliphatic rings. The number of rotatable bonds is 9. The molecule has 0 radical (unpaired) electrons. The van der Waals surface area contributed by atoms with Gasteiger partial charge in [0.1, 0.15) is 0 Å². The fourth-order valence-corrected chi connectivity index (χ4v) is 6.27. The van der Waals surface area contributed by atoms with Crippen molar-refractivity contribution in [2.75, 3.05) is 11.4 Å². The highest BCUT2D eigenvalue weighted by atomic mass is 15.1. The predicted molar refractivity (Wildman–Crippen MR) is 201 cm³/mol. The Morgan fingerprint density at radius 1 is 0.674 bits per heavy atom. The minimum atomic E-state index is -0.0296. The van der Waals surface area contributed by atoms with E-state index < -0.39 is 0 Å². The molecule has 5 aromatic carbocycles. The van der Waals surface area contributed by atoms with E-state index in [1.807, 2.05) is 6.08 Å². The highest BCUT2D eigenvalue weighted by molar-refractivity contribution is 6.09. The molecule has 0 amide bonds. The van der Waals surface area contributed by atoms with E-state index in [1.165, 1.54) is 44.1 Å². The molecule has 2 heteroatoms. The minimum absolute atomic E-state index is 0.0296. The van der Waals surface area contributed by atoms with Crippen molar-refractivity contribution in [3.63, 3.8) is 0 Å². The van der Waals surface area contributed by atoms with Crippen LogP contribution in [0.1, 0.15) is 27.7 Å². The molecule has 1 aromatic heterocycles. The third-order valence-corrected chi connectivity index (χ3v) is 8.60. The molecule has 6 rings (SSSR count). The Labute approximate surface area is 273 Å². The van der Waals surface area contributed by atoms with E-state index in [4.69, 9.17) is 0 Å². The third-order valence-electron chi connectivity index (χ3n) is 8.60. The summed E-state index contributed by atoms with van der Waals surface area (Å²) in [4.78, 5) is 2.36. The third kappa shape index (κ3) is 6.25. The minimum Gasteiger partial charge on any atom is -0.338 e. The zero-order chi connectivity index (χ0) is 32.3. The Kier molecular flexibility index (Phi) is 8.63. The molecule has 2 nitrogen and oxygen atoms in total. The predicted octanol–water partition coefficient (Wildman–Crippen LogP) is 12.3. The Morgan fingerprint density at radius 2 is 1.30 bits per heavy atom. The Hall–Kier alpha value is -5.34. The van der Waals surface area contributed by atoms with Gasteiger partial charge in [0, 0.05) is 45.3 Å². The second-order valence-corrected chi connectivity index (χ2v) is 12.8. The summed E-state index contributed by atoms with van der Waals surface area (Å²) >= 11 is 0. The molecule has 0 aliphatic carbocycles. The second kappa shape index (κ2) is 12.9. The van der Waals surface area contributed by atoms with E-state index in [9.17, 15) is 0 Å². The van der Waals surface area contributed by atoms with Gasteiger partial charge in [0.05, 0.1) is 0 Å². The summed E-state index contributed by atoms with van der Waals surface area (Å²) in [6, 6.07) is 43.9. The van der Waals surface area contributed by atoms with Crippen molar-refractivity contribution >= 4 is 33.2 Å². The van der Waals surface area contributed by atoms with Gasteiger partial charge in [-0.15, -0.1) is 0 Å². The maximum atomic E-state index is 4.25. The van der Waals surface area contributed by atoms with Gasteiger partial charge in [-0.2, -0.15) is 0 Å². The van der Waals surface area contributed by atoms with Crippen LogP contribution >= 0.6 is 0 Å². The highest BCUT2D eigenvalue weighted by Gasteiger charge is 2.20. The molecule has 228 valence electrons. The molecular formula is C44H42N2. The van der Waals surface area contributed by atoms with Crippen LogP contribution in [0.2, 0.25) is 0 Å². The Morgan fingerprint density at radius 3 is 2.04 bits per heavy atom. The molecular weight excluding hydrogens is 556 g/mol. The summed E-state index contributed by atoms with van der Waals surface area (Å²) in [5.74, 6) is 0. The van der Waals surface area contributed by atoms with Gasteiger partial charge in [0.25, 0.3) is 0 Å². The zero-order valence-corrected chi connectivity index (χ0v) is 27.4. The monoisotopic (exact) mass is 598 g/mol. The van der Waals surface area contributed by atoms with Gasteiger partial charge >= 0.3 is 0 Å². The summed E-state index contributed by atoms with van der Waals surface area (Å²) in [5.41, 5.74) is 11.7. The average molecular weight is 599 g/mol. The first-order valence-corrected chi connectivity index (χ1v) is 16.0. The van der Waals surface area contributed by atoms with Crippen LogP contribution in [0.4, 0.5) is 11.4 Å². The largest absolute Gasteiger partial charge is 0.338 e. The van der Waals surface area contributed by atoms with Crippen LogP contribution in [0.15, 0.2) is 170 Å². The number of aromatic nitrogens is 1. The fourth-order valence-electron chi connectivity index (χ4n) is 6.27. The zero-order valence-electron chi connectivity index (χ0n) is 27.4. The Balaban J connectivity index is 1.40. The lowest BCUT2D eigenvalue weighted by molar-refractivity contribution is 0.423. The number of allylic oxidation sites excluding steroid dienone is 5. The van der Waals surface area contributed by atoms with Crippen molar-refractivity contribution in [2.24, 2.45) is 0 Å². The van der Waals surface area contributed by atoms with Crippen molar-refractivity contribution in [1.82, 2.24) is 4.57 Å². The standard InChI is InChI=1S/C44H42N2/c1-7-15-32(2)33(3)16-14-29-45(38-26-23-35(24-27-38)34-17-9-8-10-18-34)39-20-13-19-36(30-39)37-25-28-43-41(31-37)40-21-11-12-22-42(40)46(43)44(4,5)6/h7-28,30-31H,1,3,29H2,2,4-6H3/b16-14-,32-15+. The van der Waals surface area contributed by atoms with Crippen LogP contribution in [0.25, 0.3) is 44.1 Å². The van der Waals surface area contributed by atoms with Crippen molar-refractivity contribution in [1.29, 1.82) is 0 Å². The van der Waals surface area contributed by atoms with Gasteiger partial charge in [0.2, 0.25) is 0 Å². The van der Waals surface area contributed by atoms with E-state index in [1.54, 1.807) is 6.08 Å². The lowest BCUT2D eigenvalue weighted by atomic mass is 10.0. The van der Waals surface area contributed by atoms with E-state index in [2.05, 4.69) is 184 Å². The molecule has 6 aromatic rings. The Bertz CT molecular complexity index is 2080. The van der Waals surface area contributed by atoms with E-state index in [-0.39, 0.29) is 5.54 Å². The summed E-state index contributed by atoms with van der Waals surface area (Å²) in [5, 5.41) is 2.57. The number of hydrogen-bond acceptors (Lipinski definition) is 1. The molecule has 0 saturated carbocycles. The normalized spacial score (nSPS) is 12.2. The average Bonchev–Trinajstić information content (AvgIpc) is 3.42. The van der Waals surface area contributed by atoms with Gasteiger partial charge in [-0.05, 0) is 104 Å². The molecule has 0 saturated heterocycles. The first-order valence-electron chi connectivity index (χ1n) is 16.0. The SMILES string of the molecule is C=C/C=C(\C)C(=C)/C=C\CN(c1ccc(-c2ccccc2)cc1)c1cccc(-c2ccc3c(c2)c2ccccc2n3C(C)(C)C)c1. The van der Waals surface area contributed by atoms with Crippen molar-refractivity contribution in [3.05, 3.63) is 170 Å². The summed E-state index contributed by atoms with van der Waals surface area (Å²) in [6.45, 7) is 17.7. The summed E-state index contributed by atoms with van der Waals surface area (Å²) in [7, 11) is 0. The lowest BCUT2D eigenvalue weighted by Crippen LogP contribution is -2.21. The van der Waals surface area contributed by atoms with Crippen LogP contribution < -0.4 is 4.90 Å². The van der Waals surface area contributed by atoms with Gasteiger partial charge < -0.3 is 9.47 Å². The van der Waals surface area contributed by atoms with Gasteiger partial charge in [-0.25, -0.2) is 0 Å². The number of fused-ring (bicyclic) bond motifs is 3. The number of anilines is 2. The summed E-state index contributed by atoms with van der Waals surface area (Å²) < 4.78 is 2.46. The molecule has 0 fully saturated rings. The maximum absolute atomic E-state index is 4.25. The number of nitrogens with zero attached hydrogens (tertiary/aromatic N) is 2. The highest BCUT2D eigenvalue weighted by Crippen LogP contribution is 2.37. The van der Waals surface area contributed by atoms with E-state index in [0.29, 0.717) is 6.54 Å². The van der Waals surface area contributed by atoms with Crippen molar-refractivity contribution < 1.29 is 0 Å². The van der Waals surface area contributed by atoms with Crippen LogP contribution in [0.5, 0.6) is 0 Å². The van der Waals surface area contributed by atoms with Crippen LogP contribution in [0, 0.1) is 0 Å². The molecule has 46 heavy (non-hydrogen) atoms. The van der Waals surface area contributed by atoms with Gasteiger partial charge in [-0.3, -0.25) is 0 Å². The van der Waals surface area contributed by atoms with Gasteiger partial charge in [0.15, 0.2) is 0 Å². The molecule has 0 spiro atoms. The molecule has 0 N–H and O–H groups in total. The fraction of sp³-hybridized carbons (Fsp3) is 0.136. The smallest absolute Gasteiger partial charge is 0.0496 e. The topological polar surface area (TPSA) is 8.17 Å². The molecule has 0 atom stereocenters. The van der Waals surface area contributed by atoms with Crippen molar-refractivity contribution in [2.45, 2.75) is 33.2 Å². The maximum Gasteiger partial charge on any atom is 0.0496 e. The van der Waals surface area contributed by atoms with Gasteiger partial charge in [-0.1, -0.05) is 116 Å². The lowest BCUT2D eigenvalue weighted by Gasteiger charge is -2.25. The number of hydrogen-bond donors (Lipinski definition) is 0. The van der Waals surface area contributed by atoms with Crippen molar-refractivity contribution in [3.8, 4) is 22.3 Å². The summed E-state index contributed by atoms with van der Waals surface area (Å²) in [6.07, 6.45) is 8.09. The number of benzene rings is 5. The van der Waals surface area contributed by atoms with Crippen LogP contribution in [0.3, 0.4) is 0 Å². The first kappa shape index (κ1) is 30.7. The van der Waals surface area contributed by atoms with E-state index >= 15 is 0 Å². The second-order valence-electron chi connectivity index (χ2n) is 12.8. The quantitative estimate of drug-likeness (QED) is 0.150. The molecule has 1 heterocycles. The molecule has 0 unspecified atom stereocenters. The first-order chi connectivity index (χ1) is 22.2. The number of para-hydroxylation sites is 1. The van der Waals surface area contributed by atoms with E-state index in [0.717, 1.165) is 22.5 Å². The molecule has 0 bridgehead atoms. The van der Waals surface area contributed by atoms with Crippen LogP contribution in [-0.2, 0) is 5.54 Å².